The number of carbonyl (C=O) groups excluding carboxylic acids is 1. The van der Waals surface area contributed by atoms with Crippen LogP contribution in [0.3, 0.4) is 0 Å². The number of halogens is 1. The lowest BCUT2D eigenvalue weighted by atomic mass is 9.97. The first-order chi connectivity index (χ1) is 13.5. The van der Waals surface area contributed by atoms with E-state index in [4.69, 9.17) is 10.2 Å². The van der Waals surface area contributed by atoms with Crippen LogP contribution in [0.2, 0.25) is 0 Å². The summed E-state index contributed by atoms with van der Waals surface area (Å²) in [4.78, 5) is 20.4. The minimum absolute atomic E-state index is 0.334. The van der Waals surface area contributed by atoms with E-state index in [1.54, 1.807) is 25.1 Å². The van der Waals surface area contributed by atoms with Crippen molar-refractivity contribution >= 4 is 22.9 Å². The molecule has 6 nitrogen and oxygen atoms in total. The summed E-state index contributed by atoms with van der Waals surface area (Å²) in [5.74, 6) is -0.580. The third-order valence-corrected chi connectivity index (χ3v) is 5.27. The van der Waals surface area contributed by atoms with Crippen molar-refractivity contribution in [3.63, 3.8) is 0 Å². The van der Waals surface area contributed by atoms with Crippen molar-refractivity contribution in [2.45, 2.75) is 13.0 Å². The first kappa shape index (κ1) is 17.8. The van der Waals surface area contributed by atoms with Crippen LogP contribution in [-0.2, 0) is 0 Å². The molecule has 0 spiro atoms. The zero-order valence-corrected chi connectivity index (χ0v) is 15.5. The number of allylic oxidation sites excluding steroid dienone is 1. The molecule has 8 heteroatoms. The highest BCUT2D eigenvalue weighted by Crippen LogP contribution is 2.37. The number of carbonyl (C=O) groups is 1. The van der Waals surface area contributed by atoms with Crippen LogP contribution in [0.25, 0.3) is 16.8 Å². The van der Waals surface area contributed by atoms with Crippen LogP contribution in [0.1, 0.15) is 29.1 Å². The van der Waals surface area contributed by atoms with Crippen molar-refractivity contribution in [1.82, 2.24) is 20.6 Å². The maximum absolute atomic E-state index is 13.2. The van der Waals surface area contributed by atoms with E-state index < -0.39 is 12.0 Å². The van der Waals surface area contributed by atoms with E-state index in [-0.39, 0.29) is 6.03 Å². The Kier molecular flexibility index (Phi) is 4.59. The fourth-order valence-electron chi connectivity index (χ4n) is 3.03. The highest BCUT2D eigenvalue weighted by molar-refractivity contribution is 7.11. The molecule has 1 atom stereocenters. The van der Waals surface area contributed by atoms with E-state index in [0.717, 1.165) is 21.8 Å². The largest absolute Gasteiger partial charge is 0.327 e. The molecule has 0 saturated carbocycles. The number of nitrogens with one attached hydrogen (secondary N) is 2. The molecule has 4 rings (SSSR count). The Morgan fingerprint density at radius 1 is 1.21 bits per heavy atom. The molecule has 3 heterocycles. The van der Waals surface area contributed by atoms with Crippen LogP contribution in [0.5, 0.6) is 0 Å². The van der Waals surface area contributed by atoms with Crippen LogP contribution < -0.4 is 10.6 Å². The van der Waals surface area contributed by atoms with Crippen molar-refractivity contribution in [2.75, 3.05) is 0 Å². The minimum atomic E-state index is -0.580. The topological polar surface area (TPSA) is 90.7 Å². The molecule has 0 saturated heterocycles. The second-order valence-electron chi connectivity index (χ2n) is 6.21. The maximum atomic E-state index is 13.2. The smallest absolute Gasteiger partial charge is 0.319 e. The van der Waals surface area contributed by atoms with Gasteiger partial charge in [-0.1, -0.05) is 18.2 Å². The predicted molar refractivity (Wildman–Crippen MR) is 103 cm³/mol. The monoisotopic (exact) mass is 391 g/mol. The second kappa shape index (κ2) is 7.21. The van der Waals surface area contributed by atoms with Gasteiger partial charge in [0.25, 0.3) is 0 Å². The van der Waals surface area contributed by atoms with Gasteiger partial charge >= 0.3 is 6.03 Å². The highest BCUT2D eigenvalue weighted by Gasteiger charge is 2.29. The van der Waals surface area contributed by atoms with Gasteiger partial charge in [-0.2, -0.15) is 9.65 Å². The molecule has 2 N–H and O–H groups in total. The molecule has 3 aromatic rings. The van der Waals surface area contributed by atoms with Gasteiger partial charge in [-0.3, -0.25) is 0 Å². The summed E-state index contributed by atoms with van der Waals surface area (Å²) in [6.07, 6.45) is 1.41. The number of benzene rings is 1. The van der Waals surface area contributed by atoms with E-state index in [1.807, 2.05) is 17.5 Å². The molecule has 2 amide bonds. The number of hydrogen-bond donors (Lipinski definition) is 2. The molecule has 1 aliphatic heterocycles. The Morgan fingerprint density at radius 2 is 2.00 bits per heavy atom. The Morgan fingerprint density at radius 3 is 2.68 bits per heavy atom. The number of rotatable bonds is 3. The molecule has 28 heavy (non-hydrogen) atoms. The first-order valence-corrected chi connectivity index (χ1v) is 9.29. The second-order valence-corrected chi connectivity index (χ2v) is 7.07. The molecular weight excluding hydrogens is 377 g/mol. The van der Waals surface area contributed by atoms with E-state index in [9.17, 15) is 9.18 Å². The van der Waals surface area contributed by atoms with Gasteiger partial charge in [0.15, 0.2) is 0 Å². The lowest BCUT2D eigenvalue weighted by molar-refractivity contribution is 0.240. The van der Waals surface area contributed by atoms with Gasteiger partial charge in [0.1, 0.15) is 5.01 Å². The van der Waals surface area contributed by atoms with Crippen LogP contribution in [0.4, 0.5) is 9.18 Å². The van der Waals surface area contributed by atoms with Crippen molar-refractivity contribution in [3.8, 4) is 17.3 Å². The molecule has 0 aliphatic carbocycles. The number of aromatic nitrogens is 2. The lowest BCUT2D eigenvalue weighted by Crippen LogP contribution is -2.42. The number of thiazole rings is 1. The third kappa shape index (κ3) is 3.35. The van der Waals surface area contributed by atoms with Gasteiger partial charge in [-0.15, -0.1) is 11.3 Å². The average Bonchev–Trinajstić information content (AvgIpc) is 3.17. The summed E-state index contributed by atoms with van der Waals surface area (Å²) in [5.41, 5.74) is 4.41. The zero-order valence-electron chi connectivity index (χ0n) is 14.7. The predicted octanol–water partition coefficient (Wildman–Crippen LogP) is 4.00. The summed E-state index contributed by atoms with van der Waals surface area (Å²) < 4.78 is 13.2. The fourth-order valence-corrected chi connectivity index (χ4v) is 3.99. The van der Waals surface area contributed by atoms with Gasteiger partial charge < -0.3 is 10.6 Å². The number of nitriles is 1. The molecule has 1 unspecified atom stereocenters. The fraction of sp³-hybridized carbons (Fsp3) is 0.100. The van der Waals surface area contributed by atoms with Crippen LogP contribution in [0, 0.1) is 17.3 Å². The van der Waals surface area contributed by atoms with Gasteiger partial charge in [-0.05, 0) is 30.7 Å². The van der Waals surface area contributed by atoms with Crippen LogP contribution in [-0.4, -0.2) is 16.0 Å². The normalized spacial score (nSPS) is 16.3. The lowest BCUT2D eigenvalue weighted by Gasteiger charge is -2.28. The van der Waals surface area contributed by atoms with Crippen molar-refractivity contribution < 1.29 is 9.18 Å². The van der Waals surface area contributed by atoms with Gasteiger partial charge in [0.2, 0.25) is 5.95 Å². The summed E-state index contributed by atoms with van der Waals surface area (Å²) in [5, 5.41) is 17.2. The number of amides is 2. The molecule has 2 aromatic heterocycles. The maximum Gasteiger partial charge on any atom is 0.319 e. The number of hydrogen-bond acceptors (Lipinski definition) is 5. The molecule has 0 radical (unpaired) electrons. The Hall–Kier alpha value is -3.57. The zero-order chi connectivity index (χ0) is 19.7. The van der Waals surface area contributed by atoms with Crippen molar-refractivity contribution in [3.05, 3.63) is 75.8 Å². The third-order valence-electron chi connectivity index (χ3n) is 4.40. The Labute approximate surface area is 164 Å². The van der Waals surface area contributed by atoms with E-state index >= 15 is 0 Å². The Balaban J connectivity index is 1.73. The standard InChI is InChI=1S/C20H14FN5OS/c1-11-17(18(26-20(27)24-11)14-6-7-16(21)23-9-14)19-25-15(10-28-19)13-4-2-12(8-22)3-5-13/h2-7,9-10,18H,1H3,(H2,24,26,27). The summed E-state index contributed by atoms with van der Waals surface area (Å²) in [7, 11) is 0. The Bertz CT molecular complexity index is 1110. The number of pyridine rings is 1. The summed E-state index contributed by atoms with van der Waals surface area (Å²) in [6.45, 7) is 1.81. The van der Waals surface area contributed by atoms with Gasteiger partial charge in [0, 0.05) is 28.4 Å². The van der Waals surface area contributed by atoms with Gasteiger partial charge in [0.05, 0.1) is 23.4 Å². The van der Waals surface area contributed by atoms with E-state index in [1.165, 1.54) is 23.6 Å². The summed E-state index contributed by atoms with van der Waals surface area (Å²) in [6, 6.07) is 11.3. The molecule has 0 fully saturated rings. The van der Waals surface area contributed by atoms with Crippen molar-refractivity contribution in [1.29, 1.82) is 5.26 Å². The number of urea groups is 1. The highest BCUT2D eigenvalue weighted by atomic mass is 32.1. The molecule has 0 bridgehead atoms. The molecule has 1 aromatic carbocycles. The van der Waals surface area contributed by atoms with E-state index in [2.05, 4.69) is 21.7 Å². The van der Waals surface area contributed by atoms with Crippen molar-refractivity contribution in [2.24, 2.45) is 0 Å². The average molecular weight is 391 g/mol. The van der Waals surface area contributed by atoms with Gasteiger partial charge in [-0.25, -0.2) is 14.8 Å². The number of nitrogens with zero attached hydrogens (tertiary/aromatic N) is 3. The first-order valence-electron chi connectivity index (χ1n) is 8.41. The summed E-state index contributed by atoms with van der Waals surface area (Å²) >= 11 is 1.45. The molecule has 1 aliphatic rings. The quantitative estimate of drug-likeness (QED) is 0.660. The SMILES string of the molecule is CC1=C(c2nc(-c3ccc(C#N)cc3)cs2)C(c2ccc(F)nc2)NC(=O)N1. The van der Waals surface area contributed by atoms with Crippen LogP contribution in [0.15, 0.2) is 53.7 Å². The minimum Gasteiger partial charge on any atom is -0.327 e. The molecular formula is C20H14FN5OS. The van der Waals surface area contributed by atoms with E-state index in [0.29, 0.717) is 16.8 Å². The van der Waals surface area contributed by atoms with Crippen LogP contribution >= 0.6 is 11.3 Å². The molecule has 138 valence electrons.